The van der Waals surface area contributed by atoms with Crippen molar-refractivity contribution in [1.82, 2.24) is 10.6 Å². The number of amides is 2. The van der Waals surface area contributed by atoms with Gasteiger partial charge in [-0.1, -0.05) is 32.9 Å². The van der Waals surface area contributed by atoms with Crippen LogP contribution in [0.3, 0.4) is 0 Å². The van der Waals surface area contributed by atoms with Crippen LogP contribution in [0.1, 0.15) is 43.6 Å². The first kappa shape index (κ1) is 18.2. The molecule has 0 saturated heterocycles. The third-order valence-corrected chi connectivity index (χ3v) is 3.25. The van der Waals surface area contributed by atoms with Gasteiger partial charge < -0.3 is 15.4 Å². The molecule has 1 rings (SSSR count). The van der Waals surface area contributed by atoms with Crippen molar-refractivity contribution < 1.29 is 14.3 Å². The van der Waals surface area contributed by atoms with Gasteiger partial charge in [0.2, 0.25) is 5.91 Å². The highest BCUT2D eigenvalue weighted by Crippen LogP contribution is 2.22. The van der Waals surface area contributed by atoms with Gasteiger partial charge in [-0.15, -0.1) is 0 Å². The molecule has 5 heteroatoms. The third-order valence-electron chi connectivity index (χ3n) is 3.25. The van der Waals surface area contributed by atoms with Crippen molar-refractivity contribution >= 4 is 11.8 Å². The highest BCUT2D eigenvalue weighted by atomic mass is 16.5. The molecule has 0 bridgehead atoms. The van der Waals surface area contributed by atoms with Crippen LogP contribution < -0.4 is 10.6 Å². The van der Waals surface area contributed by atoms with Crippen LogP contribution >= 0.6 is 0 Å². The average Bonchev–Trinajstić information content (AvgIpc) is 2.44. The molecule has 0 aromatic heterocycles. The van der Waals surface area contributed by atoms with Gasteiger partial charge in [-0.05, 0) is 30.0 Å². The van der Waals surface area contributed by atoms with Crippen LogP contribution in [0.25, 0.3) is 0 Å². The van der Waals surface area contributed by atoms with E-state index >= 15 is 0 Å². The van der Waals surface area contributed by atoms with Crippen LogP contribution in [0, 0.1) is 0 Å². The number of benzene rings is 1. The van der Waals surface area contributed by atoms with Gasteiger partial charge in [0.05, 0.1) is 13.2 Å². The summed E-state index contributed by atoms with van der Waals surface area (Å²) in [5.41, 5.74) is 1.76. The Morgan fingerprint density at radius 1 is 1.18 bits per heavy atom. The van der Waals surface area contributed by atoms with E-state index in [1.165, 1.54) is 0 Å². The summed E-state index contributed by atoms with van der Waals surface area (Å²) in [5.74, 6) is -0.487. The maximum atomic E-state index is 12.0. The fraction of sp³-hybridized carbons (Fsp3) is 0.529. The van der Waals surface area contributed by atoms with Gasteiger partial charge in [0, 0.05) is 18.7 Å². The topological polar surface area (TPSA) is 67.4 Å². The number of hydrogen-bond acceptors (Lipinski definition) is 3. The Morgan fingerprint density at radius 2 is 1.77 bits per heavy atom. The molecule has 1 aromatic carbocycles. The molecule has 0 heterocycles. The van der Waals surface area contributed by atoms with Crippen molar-refractivity contribution in [3.05, 3.63) is 35.4 Å². The summed E-state index contributed by atoms with van der Waals surface area (Å²) >= 11 is 0. The highest BCUT2D eigenvalue weighted by Gasteiger charge is 2.15. The van der Waals surface area contributed by atoms with Crippen LogP contribution in [-0.2, 0) is 14.9 Å². The zero-order valence-corrected chi connectivity index (χ0v) is 14.0. The molecular formula is C17H26N2O3. The Hall–Kier alpha value is -1.88. The number of methoxy groups -OCH3 is 1. The van der Waals surface area contributed by atoms with Crippen molar-refractivity contribution in [2.75, 3.05) is 20.3 Å². The minimum absolute atomic E-state index is 0.0477. The zero-order chi connectivity index (χ0) is 16.8. The molecule has 0 radical (unpaired) electrons. The molecule has 1 atom stereocenters. The smallest absolute Gasteiger partial charge is 0.251 e. The predicted molar refractivity (Wildman–Crippen MR) is 87.0 cm³/mol. The van der Waals surface area contributed by atoms with Gasteiger partial charge >= 0.3 is 0 Å². The van der Waals surface area contributed by atoms with E-state index in [0.29, 0.717) is 12.2 Å². The van der Waals surface area contributed by atoms with Gasteiger partial charge in [-0.2, -0.15) is 0 Å². The summed E-state index contributed by atoms with van der Waals surface area (Å²) in [6.45, 7) is 8.59. The van der Waals surface area contributed by atoms with Crippen molar-refractivity contribution in [2.24, 2.45) is 0 Å². The number of rotatable bonds is 6. The van der Waals surface area contributed by atoms with E-state index in [9.17, 15) is 9.59 Å². The number of nitrogens with one attached hydrogen (secondary N) is 2. The van der Waals surface area contributed by atoms with Crippen LogP contribution in [-0.4, -0.2) is 38.1 Å². The first-order valence-electron chi connectivity index (χ1n) is 7.41. The normalized spacial score (nSPS) is 12.6. The van der Waals surface area contributed by atoms with E-state index in [1.54, 1.807) is 19.2 Å². The van der Waals surface area contributed by atoms with Crippen molar-refractivity contribution in [3.8, 4) is 0 Å². The highest BCUT2D eigenvalue weighted by molar-refractivity contribution is 5.96. The van der Waals surface area contributed by atoms with Crippen molar-refractivity contribution in [3.63, 3.8) is 0 Å². The van der Waals surface area contributed by atoms with Gasteiger partial charge in [-0.25, -0.2) is 0 Å². The summed E-state index contributed by atoms with van der Waals surface area (Å²) in [4.78, 5) is 23.7. The van der Waals surface area contributed by atoms with E-state index < -0.39 is 0 Å². The molecule has 0 spiro atoms. The second kappa shape index (κ2) is 7.94. The largest absolute Gasteiger partial charge is 0.383 e. The van der Waals surface area contributed by atoms with E-state index in [2.05, 4.69) is 31.4 Å². The molecule has 5 nitrogen and oxygen atoms in total. The monoisotopic (exact) mass is 306 g/mol. The lowest BCUT2D eigenvalue weighted by atomic mass is 9.87. The number of ether oxygens (including phenoxy) is 1. The standard InChI is InChI=1S/C17H26N2O3/c1-12(11-22-5)19-15(20)10-18-16(21)13-6-8-14(9-7-13)17(2,3)4/h6-9,12H,10-11H2,1-5H3,(H,18,21)(H,19,20). The second-order valence-electron chi connectivity index (χ2n) is 6.43. The minimum Gasteiger partial charge on any atom is -0.383 e. The molecule has 122 valence electrons. The molecular weight excluding hydrogens is 280 g/mol. The number of hydrogen-bond donors (Lipinski definition) is 2. The molecule has 2 N–H and O–H groups in total. The molecule has 1 aromatic rings. The molecule has 0 aliphatic rings. The number of carbonyl (C=O) groups excluding carboxylic acids is 2. The molecule has 0 aliphatic carbocycles. The molecule has 22 heavy (non-hydrogen) atoms. The molecule has 0 saturated carbocycles. The fourth-order valence-electron chi connectivity index (χ4n) is 2.00. The Kier molecular flexibility index (Phi) is 6.56. The quantitative estimate of drug-likeness (QED) is 0.843. The van der Waals surface area contributed by atoms with Gasteiger partial charge in [-0.3, -0.25) is 9.59 Å². The molecule has 1 unspecified atom stereocenters. The van der Waals surface area contributed by atoms with Crippen LogP contribution in [0.2, 0.25) is 0 Å². The Bertz CT molecular complexity index is 504. The summed E-state index contributed by atoms with van der Waals surface area (Å²) in [6.07, 6.45) is 0. The lowest BCUT2D eigenvalue weighted by Crippen LogP contribution is -2.42. The maximum Gasteiger partial charge on any atom is 0.251 e. The molecule has 2 amide bonds. The number of carbonyl (C=O) groups is 2. The fourth-order valence-corrected chi connectivity index (χ4v) is 2.00. The average molecular weight is 306 g/mol. The maximum absolute atomic E-state index is 12.0. The van der Waals surface area contributed by atoms with Gasteiger partial charge in [0.25, 0.3) is 5.91 Å². The third kappa shape index (κ3) is 5.85. The molecule has 0 aliphatic heterocycles. The van der Waals surface area contributed by atoms with Crippen LogP contribution in [0.5, 0.6) is 0 Å². The summed E-state index contributed by atoms with van der Waals surface area (Å²) in [5, 5.41) is 5.35. The van der Waals surface area contributed by atoms with Crippen LogP contribution in [0.15, 0.2) is 24.3 Å². The lowest BCUT2D eigenvalue weighted by molar-refractivity contribution is -0.121. The SMILES string of the molecule is COCC(C)NC(=O)CNC(=O)c1ccc(C(C)(C)C)cc1. The van der Waals surface area contributed by atoms with E-state index in [-0.39, 0.29) is 29.8 Å². The summed E-state index contributed by atoms with van der Waals surface area (Å²) < 4.78 is 4.94. The van der Waals surface area contributed by atoms with Crippen molar-refractivity contribution in [1.29, 1.82) is 0 Å². The minimum atomic E-state index is -0.255. The predicted octanol–water partition coefficient (Wildman–Crippen LogP) is 1.87. The van der Waals surface area contributed by atoms with Gasteiger partial charge in [0.15, 0.2) is 0 Å². The zero-order valence-electron chi connectivity index (χ0n) is 14.0. The Balaban J connectivity index is 2.50. The Morgan fingerprint density at radius 3 is 2.27 bits per heavy atom. The van der Waals surface area contributed by atoms with Gasteiger partial charge in [0.1, 0.15) is 0 Å². The van der Waals surface area contributed by atoms with Crippen LogP contribution in [0.4, 0.5) is 0 Å². The summed E-state index contributed by atoms with van der Waals surface area (Å²) in [7, 11) is 1.58. The van der Waals surface area contributed by atoms with E-state index in [0.717, 1.165) is 5.56 Å². The molecule has 0 fully saturated rings. The first-order chi connectivity index (χ1) is 10.2. The van der Waals surface area contributed by atoms with E-state index in [4.69, 9.17) is 4.74 Å². The lowest BCUT2D eigenvalue weighted by Gasteiger charge is -2.19. The second-order valence-corrected chi connectivity index (χ2v) is 6.43. The van der Waals surface area contributed by atoms with E-state index in [1.807, 2.05) is 19.1 Å². The summed E-state index contributed by atoms with van der Waals surface area (Å²) in [6, 6.07) is 7.36. The van der Waals surface area contributed by atoms with Crippen molar-refractivity contribution in [2.45, 2.75) is 39.2 Å². The Labute approximate surface area is 132 Å². The first-order valence-corrected chi connectivity index (χ1v) is 7.41.